The predicted molar refractivity (Wildman–Crippen MR) is 75.9 cm³/mol. The third-order valence-corrected chi connectivity index (χ3v) is 3.43. The van der Waals surface area contributed by atoms with Crippen LogP contribution in [0.2, 0.25) is 0 Å². The van der Waals surface area contributed by atoms with E-state index in [4.69, 9.17) is 4.74 Å². The van der Waals surface area contributed by atoms with Crippen molar-refractivity contribution in [3.8, 4) is 0 Å². The van der Waals surface area contributed by atoms with Crippen molar-refractivity contribution in [3.05, 3.63) is 50.5 Å². The molecule has 0 radical (unpaired) electrons. The van der Waals surface area contributed by atoms with Crippen LogP contribution in [0.5, 0.6) is 0 Å². The van der Waals surface area contributed by atoms with Crippen molar-refractivity contribution >= 4 is 11.4 Å². The fourth-order valence-electron chi connectivity index (χ4n) is 2.32. The molecule has 1 aliphatic heterocycles. The highest BCUT2D eigenvalue weighted by Gasteiger charge is 2.26. The maximum atomic E-state index is 11.7. The molecule has 1 aliphatic rings. The van der Waals surface area contributed by atoms with Gasteiger partial charge in [0, 0.05) is 32.0 Å². The molecule has 1 aromatic carbocycles. The molecule has 20 heavy (non-hydrogen) atoms. The predicted octanol–water partition coefficient (Wildman–Crippen LogP) is 0.126. The molecule has 6 heteroatoms. The van der Waals surface area contributed by atoms with Gasteiger partial charge in [-0.05, 0) is 17.7 Å². The summed E-state index contributed by atoms with van der Waals surface area (Å²) >= 11 is 0. The number of aromatic nitrogens is 1. The number of nitrogens with zero attached hydrogens (tertiary/aromatic N) is 2. The monoisotopic (exact) mass is 273 g/mol. The van der Waals surface area contributed by atoms with Gasteiger partial charge < -0.3 is 15.0 Å². The molecule has 1 fully saturated rings. The first kappa shape index (κ1) is 12.8. The summed E-state index contributed by atoms with van der Waals surface area (Å²) in [6, 6.07) is 3.74. The van der Waals surface area contributed by atoms with Crippen LogP contribution in [0.25, 0.3) is 0 Å². The van der Waals surface area contributed by atoms with Gasteiger partial charge in [0.15, 0.2) is 0 Å². The van der Waals surface area contributed by atoms with E-state index in [1.807, 2.05) is 17.0 Å². The fraction of sp³-hybridized carbons (Fsp3) is 0.357. The second-order valence-corrected chi connectivity index (χ2v) is 4.69. The standard InChI is InChI=1S/C14H15N3O3/c18-13-11(16-9-10-1-3-15-4-2-10)12(14(13)19)17-5-7-20-8-6-17/h1-4,16H,5-9H2. The summed E-state index contributed by atoms with van der Waals surface area (Å²) < 4.78 is 5.26. The lowest BCUT2D eigenvalue weighted by Gasteiger charge is -2.30. The molecular weight excluding hydrogens is 258 g/mol. The van der Waals surface area contributed by atoms with Crippen LogP contribution in [0, 0.1) is 0 Å². The minimum Gasteiger partial charge on any atom is -0.378 e. The van der Waals surface area contributed by atoms with E-state index in [0.717, 1.165) is 5.56 Å². The molecule has 1 N–H and O–H groups in total. The first-order valence-corrected chi connectivity index (χ1v) is 6.56. The van der Waals surface area contributed by atoms with Gasteiger partial charge in [0.2, 0.25) is 0 Å². The van der Waals surface area contributed by atoms with E-state index < -0.39 is 10.9 Å². The number of hydrogen-bond acceptors (Lipinski definition) is 6. The molecule has 104 valence electrons. The average Bonchev–Trinajstić information content (AvgIpc) is 2.52. The van der Waals surface area contributed by atoms with Crippen LogP contribution in [-0.2, 0) is 11.3 Å². The molecule has 0 saturated carbocycles. The maximum absolute atomic E-state index is 11.7. The molecule has 2 aromatic rings. The minimum absolute atomic E-state index is 0.399. The Morgan fingerprint density at radius 2 is 1.85 bits per heavy atom. The average molecular weight is 273 g/mol. The molecule has 0 aliphatic carbocycles. The molecular formula is C14H15N3O3. The summed E-state index contributed by atoms with van der Waals surface area (Å²) in [6.07, 6.45) is 3.39. The Balaban J connectivity index is 1.75. The van der Waals surface area contributed by atoms with E-state index in [0.29, 0.717) is 44.2 Å². The van der Waals surface area contributed by atoms with E-state index in [2.05, 4.69) is 10.3 Å². The molecule has 0 spiro atoms. The zero-order valence-electron chi connectivity index (χ0n) is 11.0. The van der Waals surface area contributed by atoms with Gasteiger partial charge in [-0.1, -0.05) is 0 Å². The van der Waals surface area contributed by atoms with Gasteiger partial charge in [0.1, 0.15) is 11.4 Å². The second-order valence-electron chi connectivity index (χ2n) is 4.69. The molecule has 3 rings (SSSR count). The van der Waals surface area contributed by atoms with Gasteiger partial charge in [0.05, 0.1) is 13.2 Å². The SMILES string of the molecule is O=c1c(NCc2ccncc2)c(N2CCOCC2)c1=O. The minimum atomic E-state index is -0.430. The Kier molecular flexibility index (Phi) is 3.47. The van der Waals surface area contributed by atoms with E-state index in [9.17, 15) is 9.59 Å². The molecule has 6 nitrogen and oxygen atoms in total. The highest BCUT2D eigenvalue weighted by Crippen LogP contribution is 2.21. The van der Waals surface area contributed by atoms with E-state index in [-0.39, 0.29) is 0 Å². The van der Waals surface area contributed by atoms with Crippen molar-refractivity contribution < 1.29 is 4.74 Å². The van der Waals surface area contributed by atoms with Gasteiger partial charge >= 0.3 is 0 Å². The Bertz CT molecular complexity index is 656. The van der Waals surface area contributed by atoms with Gasteiger partial charge in [-0.15, -0.1) is 0 Å². The fourth-order valence-corrected chi connectivity index (χ4v) is 2.32. The molecule has 2 heterocycles. The molecule has 0 amide bonds. The summed E-state index contributed by atoms with van der Waals surface area (Å²) in [5, 5.41) is 3.06. The van der Waals surface area contributed by atoms with E-state index in [1.54, 1.807) is 12.4 Å². The summed E-state index contributed by atoms with van der Waals surface area (Å²) in [5.74, 6) is 0. The second kappa shape index (κ2) is 5.42. The summed E-state index contributed by atoms with van der Waals surface area (Å²) in [5.41, 5.74) is 1.12. The van der Waals surface area contributed by atoms with Crippen LogP contribution >= 0.6 is 0 Å². The van der Waals surface area contributed by atoms with Crippen LogP contribution in [0.3, 0.4) is 0 Å². The summed E-state index contributed by atoms with van der Waals surface area (Å²) in [4.78, 5) is 29.3. The van der Waals surface area contributed by atoms with E-state index in [1.165, 1.54) is 0 Å². The Morgan fingerprint density at radius 3 is 2.55 bits per heavy atom. The van der Waals surface area contributed by atoms with Crippen LogP contribution < -0.4 is 21.1 Å². The zero-order chi connectivity index (χ0) is 13.9. The van der Waals surface area contributed by atoms with Crippen molar-refractivity contribution in [3.63, 3.8) is 0 Å². The molecule has 0 unspecified atom stereocenters. The van der Waals surface area contributed by atoms with Gasteiger partial charge in [0.25, 0.3) is 10.9 Å². The Labute approximate surface area is 115 Å². The maximum Gasteiger partial charge on any atom is 0.253 e. The lowest BCUT2D eigenvalue weighted by molar-refractivity contribution is 0.122. The van der Waals surface area contributed by atoms with E-state index >= 15 is 0 Å². The number of anilines is 2. The topological polar surface area (TPSA) is 71.5 Å². The first-order chi connectivity index (χ1) is 9.77. The zero-order valence-corrected chi connectivity index (χ0v) is 11.0. The third kappa shape index (κ3) is 2.30. The van der Waals surface area contributed by atoms with Gasteiger partial charge in [-0.25, -0.2) is 0 Å². The smallest absolute Gasteiger partial charge is 0.253 e. The quantitative estimate of drug-likeness (QED) is 0.798. The lowest BCUT2D eigenvalue weighted by Crippen LogP contribution is -2.46. The highest BCUT2D eigenvalue weighted by molar-refractivity contribution is 5.75. The number of nitrogens with one attached hydrogen (secondary N) is 1. The largest absolute Gasteiger partial charge is 0.378 e. The molecule has 0 bridgehead atoms. The van der Waals surface area contributed by atoms with Gasteiger partial charge in [-0.3, -0.25) is 14.6 Å². The molecule has 0 atom stereocenters. The van der Waals surface area contributed by atoms with Crippen LogP contribution in [0.1, 0.15) is 5.56 Å². The van der Waals surface area contributed by atoms with Crippen LogP contribution in [-0.4, -0.2) is 31.3 Å². The molecule has 1 saturated heterocycles. The normalized spacial score (nSPS) is 15.5. The highest BCUT2D eigenvalue weighted by atomic mass is 16.5. The first-order valence-electron chi connectivity index (χ1n) is 6.56. The van der Waals surface area contributed by atoms with Crippen LogP contribution in [0.4, 0.5) is 11.4 Å². The number of hydrogen-bond donors (Lipinski definition) is 1. The number of ether oxygens (including phenoxy) is 1. The van der Waals surface area contributed by atoms with Crippen LogP contribution in [0.15, 0.2) is 34.1 Å². The lowest BCUT2D eigenvalue weighted by atomic mass is 10.1. The third-order valence-electron chi connectivity index (χ3n) is 3.43. The molecule has 1 aromatic heterocycles. The summed E-state index contributed by atoms with van der Waals surface area (Å²) in [6.45, 7) is 2.97. The van der Waals surface area contributed by atoms with Gasteiger partial charge in [-0.2, -0.15) is 0 Å². The number of pyridine rings is 1. The van der Waals surface area contributed by atoms with Crippen molar-refractivity contribution in [2.24, 2.45) is 0 Å². The van der Waals surface area contributed by atoms with Crippen molar-refractivity contribution in [2.45, 2.75) is 6.54 Å². The van der Waals surface area contributed by atoms with Crippen molar-refractivity contribution in [2.75, 3.05) is 36.5 Å². The Hall–Kier alpha value is -2.21. The van der Waals surface area contributed by atoms with Crippen molar-refractivity contribution in [1.29, 1.82) is 0 Å². The number of rotatable bonds is 4. The van der Waals surface area contributed by atoms with Crippen molar-refractivity contribution in [1.82, 2.24) is 4.98 Å². The number of morpholine rings is 1. The summed E-state index contributed by atoms with van der Waals surface area (Å²) in [7, 11) is 0. The Morgan fingerprint density at radius 1 is 1.15 bits per heavy atom.